The molecule has 0 unspecified atom stereocenters. The van der Waals surface area contributed by atoms with Crippen LogP contribution in [-0.4, -0.2) is 29.0 Å². The first-order valence-corrected chi connectivity index (χ1v) is 9.09. The second kappa shape index (κ2) is 8.25. The number of nitrogens with zero attached hydrogens (tertiary/aromatic N) is 2. The molecule has 3 aromatic rings. The molecule has 0 aliphatic carbocycles. The van der Waals surface area contributed by atoms with Gasteiger partial charge in [-0.3, -0.25) is 4.79 Å². The summed E-state index contributed by atoms with van der Waals surface area (Å²) in [6.07, 6.45) is 0. The highest BCUT2D eigenvalue weighted by Crippen LogP contribution is 2.30. The smallest absolute Gasteiger partial charge is 0.277 e. The Balaban J connectivity index is 1.63. The number of halogens is 1. The van der Waals surface area contributed by atoms with E-state index in [2.05, 4.69) is 15.5 Å². The molecule has 1 amide bonds. The lowest BCUT2D eigenvalue weighted by Crippen LogP contribution is -2.14. The maximum Gasteiger partial charge on any atom is 0.277 e. The first-order chi connectivity index (χ1) is 12.6. The number of benzene rings is 2. The van der Waals surface area contributed by atoms with Gasteiger partial charge < -0.3 is 14.5 Å². The van der Waals surface area contributed by atoms with Crippen LogP contribution in [0.15, 0.2) is 52.1 Å². The number of rotatable bonds is 6. The van der Waals surface area contributed by atoms with E-state index >= 15 is 0 Å². The monoisotopic (exact) mass is 389 g/mol. The van der Waals surface area contributed by atoms with E-state index in [1.54, 1.807) is 19.2 Å². The normalized spacial score (nSPS) is 10.6. The average molecular weight is 390 g/mol. The van der Waals surface area contributed by atoms with Crippen LogP contribution in [0.4, 0.5) is 5.69 Å². The lowest BCUT2D eigenvalue weighted by Gasteiger charge is -2.07. The number of ether oxygens (including phenoxy) is 1. The molecule has 1 heterocycles. The third kappa shape index (κ3) is 4.36. The number of thioether (sulfide) groups is 1. The topological polar surface area (TPSA) is 77.2 Å². The standard InChI is InChI=1S/C18H16ClN3O3S/c1-11-7-8-12(19)9-14(11)20-16(23)10-26-18-22-21-17(25-18)13-5-3-4-6-15(13)24-2/h3-9H,10H2,1-2H3,(H,20,23). The van der Waals surface area contributed by atoms with Gasteiger partial charge in [0.25, 0.3) is 11.1 Å². The van der Waals surface area contributed by atoms with Crippen LogP contribution in [0.5, 0.6) is 5.75 Å². The predicted octanol–water partition coefficient (Wildman–Crippen LogP) is 4.44. The first kappa shape index (κ1) is 18.3. The van der Waals surface area contributed by atoms with Crippen molar-refractivity contribution >= 4 is 35.0 Å². The van der Waals surface area contributed by atoms with Crippen molar-refractivity contribution in [1.82, 2.24) is 10.2 Å². The zero-order valence-corrected chi connectivity index (χ0v) is 15.7. The molecule has 0 saturated carbocycles. The zero-order chi connectivity index (χ0) is 18.5. The number of nitrogens with one attached hydrogen (secondary N) is 1. The molecule has 134 valence electrons. The van der Waals surface area contributed by atoms with Crippen molar-refractivity contribution in [2.75, 3.05) is 18.2 Å². The van der Waals surface area contributed by atoms with Crippen molar-refractivity contribution in [2.45, 2.75) is 12.1 Å². The summed E-state index contributed by atoms with van der Waals surface area (Å²) >= 11 is 7.12. The van der Waals surface area contributed by atoms with E-state index in [1.165, 1.54) is 0 Å². The van der Waals surface area contributed by atoms with E-state index in [9.17, 15) is 4.79 Å². The quantitative estimate of drug-likeness (QED) is 0.628. The van der Waals surface area contributed by atoms with E-state index in [1.807, 2.05) is 37.3 Å². The number of aromatic nitrogens is 2. The Hall–Kier alpha value is -2.51. The molecule has 3 rings (SSSR count). The summed E-state index contributed by atoms with van der Waals surface area (Å²) in [5, 5.41) is 11.7. The molecule has 6 nitrogen and oxygen atoms in total. The van der Waals surface area contributed by atoms with Gasteiger partial charge in [0.1, 0.15) is 5.75 Å². The number of carbonyl (C=O) groups is 1. The fourth-order valence-electron chi connectivity index (χ4n) is 2.24. The van der Waals surface area contributed by atoms with Gasteiger partial charge in [0.2, 0.25) is 5.91 Å². The number of aryl methyl sites for hydroxylation is 1. The van der Waals surface area contributed by atoms with Crippen LogP contribution in [0.25, 0.3) is 11.5 Å². The molecule has 0 aliphatic heterocycles. The molecule has 0 fully saturated rings. The van der Waals surface area contributed by atoms with Crippen molar-refractivity contribution in [2.24, 2.45) is 0 Å². The minimum absolute atomic E-state index is 0.138. The van der Waals surface area contributed by atoms with Crippen LogP contribution >= 0.6 is 23.4 Å². The van der Waals surface area contributed by atoms with Gasteiger partial charge in [-0.25, -0.2) is 0 Å². The maximum absolute atomic E-state index is 12.1. The van der Waals surface area contributed by atoms with E-state index in [0.717, 1.165) is 17.3 Å². The number of anilines is 1. The highest BCUT2D eigenvalue weighted by atomic mass is 35.5. The molecule has 1 N–H and O–H groups in total. The van der Waals surface area contributed by atoms with Gasteiger partial charge in [0.15, 0.2) is 0 Å². The van der Waals surface area contributed by atoms with E-state index in [0.29, 0.717) is 33.1 Å². The fraction of sp³-hybridized carbons (Fsp3) is 0.167. The Morgan fingerprint density at radius 1 is 1.27 bits per heavy atom. The van der Waals surface area contributed by atoms with Crippen molar-refractivity contribution < 1.29 is 13.9 Å². The minimum Gasteiger partial charge on any atom is -0.496 e. The number of hydrogen-bond donors (Lipinski definition) is 1. The van der Waals surface area contributed by atoms with Gasteiger partial charge in [0, 0.05) is 10.7 Å². The van der Waals surface area contributed by atoms with Gasteiger partial charge in [-0.1, -0.05) is 41.6 Å². The van der Waals surface area contributed by atoms with Crippen molar-refractivity contribution in [1.29, 1.82) is 0 Å². The van der Waals surface area contributed by atoms with Gasteiger partial charge in [0.05, 0.1) is 18.4 Å². The molecule has 0 bridgehead atoms. The summed E-state index contributed by atoms with van der Waals surface area (Å²) in [5.74, 6) is 0.940. The van der Waals surface area contributed by atoms with Crippen LogP contribution in [-0.2, 0) is 4.79 Å². The molecule has 8 heteroatoms. The van der Waals surface area contributed by atoms with E-state index < -0.39 is 0 Å². The molecule has 1 aromatic heterocycles. The van der Waals surface area contributed by atoms with Gasteiger partial charge in [-0.15, -0.1) is 10.2 Å². The maximum atomic E-state index is 12.1. The molecule has 2 aromatic carbocycles. The second-order valence-electron chi connectivity index (χ2n) is 5.37. The predicted molar refractivity (Wildman–Crippen MR) is 102 cm³/mol. The summed E-state index contributed by atoms with van der Waals surface area (Å²) in [6.45, 7) is 1.90. The Kier molecular flexibility index (Phi) is 5.80. The molecular formula is C18H16ClN3O3S. The Morgan fingerprint density at radius 3 is 2.88 bits per heavy atom. The fourth-order valence-corrected chi connectivity index (χ4v) is 2.98. The van der Waals surface area contributed by atoms with Crippen LogP contribution < -0.4 is 10.1 Å². The number of hydrogen-bond acceptors (Lipinski definition) is 6. The van der Waals surface area contributed by atoms with Crippen molar-refractivity contribution in [3.8, 4) is 17.2 Å². The summed E-state index contributed by atoms with van der Waals surface area (Å²) in [4.78, 5) is 12.1. The summed E-state index contributed by atoms with van der Waals surface area (Å²) < 4.78 is 10.9. The van der Waals surface area contributed by atoms with Crippen LogP contribution in [0.1, 0.15) is 5.56 Å². The second-order valence-corrected chi connectivity index (χ2v) is 6.73. The SMILES string of the molecule is COc1ccccc1-c1nnc(SCC(=O)Nc2cc(Cl)ccc2C)o1. The molecule has 0 aliphatic rings. The Morgan fingerprint density at radius 2 is 2.08 bits per heavy atom. The minimum atomic E-state index is -0.183. The van der Waals surface area contributed by atoms with Crippen LogP contribution in [0.2, 0.25) is 5.02 Å². The number of para-hydroxylation sites is 1. The molecule has 0 spiro atoms. The van der Waals surface area contributed by atoms with E-state index in [4.69, 9.17) is 20.8 Å². The van der Waals surface area contributed by atoms with Crippen molar-refractivity contribution in [3.63, 3.8) is 0 Å². The Bertz CT molecular complexity index is 930. The molecule has 26 heavy (non-hydrogen) atoms. The van der Waals surface area contributed by atoms with Gasteiger partial charge >= 0.3 is 0 Å². The first-order valence-electron chi connectivity index (χ1n) is 7.72. The number of methoxy groups -OCH3 is 1. The average Bonchev–Trinajstić information content (AvgIpc) is 3.12. The largest absolute Gasteiger partial charge is 0.496 e. The Labute approximate surface area is 159 Å². The van der Waals surface area contributed by atoms with Crippen molar-refractivity contribution in [3.05, 3.63) is 53.1 Å². The summed E-state index contributed by atoms with van der Waals surface area (Å²) in [6, 6.07) is 12.7. The third-order valence-electron chi connectivity index (χ3n) is 3.54. The summed E-state index contributed by atoms with van der Waals surface area (Å²) in [5.41, 5.74) is 2.32. The third-order valence-corrected chi connectivity index (χ3v) is 4.60. The number of amides is 1. The van der Waals surface area contributed by atoms with E-state index in [-0.39, 0.29) is 11.7 Å². The zero-order valence-electron chi connectivity index (χ0n) is 14.2. The molecule has 0 saturated heterocycles. The lowest BCUT2D eigenvalue weighted by atomic mass is 10.2. The molecule has 0 atom stereocenters. The summed E-state index contributed by atoms with van der Waals surface area (Å²) in [7, 11) is 1.58. The van der Waals surface area contributed by atoms with Gasteiger partial charge in [-0.2, -0.15) is 0 Å². The lowest BCUT2D eigenvalue weighted by molar-refractivity contribution is -0.113. The van der Waals surface area contributed by atoms with Gasteiger partial charge in [-0.05, 0) is 36.8 Å². The van der Waals surface area contributed by atoms with Crippen LogP contribution in [0, 0.1) is 6.92 Å². The highest BCUT2D eigenvalue weighted by Gasteiger charge is 2.14. The van der Waals surface area contributed by atoms with Crippen LogP contribution in [0.3, 0.4) is 0 Å². The molecular weight excluding hydrogens is 374 g/mol. The number of carbonyl (C=O) groups excluding carboxylic acids is 1. The molecule has 0 radical (unpaired) electrons. The highest BCUT2D eigenvalue weighted by molar-refractivity contribution is 7.99.